The number of nitrogens with zero attached hydrogens (tertiary/aromatic N) is 2. The fourth-order valence-corrected chi connectivity index (χ4v) is 3.33. The SMILES string of the molecule is COc1ccnc(C(=O)N[C@H]2C[C@H]3CO[C@@H](C(C)C)CN3C2)c1. The fourth-order valence-electron chi connectivity index (χ4n) is 3.33. The number of amides is 1. The number of morpholine rings is 1. The molecular formula is C17H25N3O3. The lowest BCUT2D eigenvalue weighted by atomic mass is 10.0. The van der Waals surface area contributed by atoms with Crippen molar-refractivity contribution in [3.8, 4) is 5.75 Å². The van der Waals surface area contributed by atoms with Crippen molar-refractivity contribution in [2.24, 2.45) is 5.92 Å². The lowest BCUT2D eigenvalue weighted by Gasteiger charge is -2.36. The van der Waals surface area contributed by atoms with Crippen LogP contribution in [0.2, 0.25) is 0 Å². The van der Waals surface area contributed by atoms with Gasteiger partial charge in [-0.3, -0.25) is 14.7 Å². The van der Waals surface area contributed by atoms with Crippen molar-refractivity contribution in [3.63, 3.8) is 0 Å². The summed E-state index contributed by atoms with van der Waals surface area (Å²) in [6.45, 7) is 6.97. The molecule has 2 fully saturated rings. The second kappa shape index (κ2) is 6.84. The van der Waals surface area contributed by atoms with Crippen LogP contribution in [-0.2, 0) is 4.74 Å². The van der Waals surface area contributed by atoms with Gasteiger partial charge < -0.3 is 14.8 Å². The van der Waals surface area contributed by atoms with Crippen LogP contribution in [0.15, 0.2) is 18.3 Å². The Bertz CT molecular complexity index is 564. The Morgan fingerprint density at radius 3 is 3.04 bits per heavy atom. The van der Waals surface area contributed by atoms with E-state index in [9.17, 15) is 4.79 Å². The Hall–Kier alpha value is -1.66. The van der Waals surface area contributed by atoms with Gasteiger partial charge in [0, 0.05) is 37.4 Å². The summed E-state index contributed by atoms with van der Waals surface area (Å²) in [4.78, 5) is 18.9. The summed E-state index contributed by atoms with van der Waals surface area (Å²) in [7, 11) is 1.58. The molecule has 0 spiro atoms. The largest absolute Gasteiger partial charge is 0.497 e. The van der Waals surface area contributed by atoms with Gasteiger partial charge >= 0.3 is 0 Å². The summed E-state index contributed by atoms with van der Waals surface area (Å²) < 4.78 is 11.1. The molecule has 6 heteroatoms. The van der Waals surface area contributed by atoms with Crippen LogP contribution in [0.3, 0.4) is 0 Å². The molecule has 0 radical (unpaired) electrons. The normalized spacial score (nSPS) is 27.7. The highest BCUT2D eigenvalue weighted by Gasteiger charge is 2.38. The smallest absolute Gasteiger partial charge is 0.270 e. The maximum absolute atomic E-state index is 12.4. The highest BCUT2D eigenvalue weighted by atomic mass is 16.5. The first-order valence-electron chi connectivity index (χ1n) is 8.23. The fraction of sp³-hybridized carbons (Fsp3) is 0.647. The van der Waals surface area contributed by atoms with Crippen molar-refractivity contribution in [2.45, 2.75) is 38.5 Å². The van der Waals surface area contributed by atoms with Crippen molar-refractivity contribution in [2.75, 3.05) is 26.8 Å². The molecule has 2 saturated heterocycles. The van der Waals surface area contributed by atoms with Crippen molar-refractivity contribution < 1.29 is 14.3 Å². The van der Waals surface area contributed by atoms with E-state index in [2.05, 4.69) is 29.0 Å². The zero-order valence-electron chi connectivity index (χ0n) is 14.0. The van der Waals surface area contributed by atoms with E-state index in [1.165, 1.54) is 0 Å². The lowest BCUT2D eigenvalue weighted by molar-refractivity contribution is -0.0683. The van der Waals surface area contributed by atoms with E-state index in [0.29, 0.717) is 29.5 Å². The standard InChI is InChI=1S/C17H25N3O3/c1-11(2)16-9-20-8-12(6-13(20)10-23-16)19-17(21)15-7-14(22-3)4-5-18-15/h4-5,7,11-13,16H,6,8-10H2,1-3H3,(H,19,21)/t12-,13-,16+/m0/s1. The molecule has 1 N–H and O–H groups in total. The number of methoxy groups -OCH3 is 1. The molecule has 126 valence electrons. The van der Waals surface area contributed by atoms with Crippen LogP contribution in [0.5, 0.6) is 5.75 Å². The number of ether oxygens (including phenoxy) is 2. The van der Waals surface area contributed by atoms with Gasteiger partial charge in [-0.1, -0.05) is 13.8 Å². The van der Waals surface area contributed by atoms with Crippen LogP contribution in [-0.4, -0.2) is 60.8 Å². The van der Waals surface area contributed by atoms with E-state index in [0.717, 1.165) is 26.1 Å². The summed E-state index contributed by atoms with van der Waals surface area (Å²) >= 11 is 0. The van der Waals surface area contributed by atoms with Gasteiger partial charge in [-0.15, -0.1) is 0 Å². The van der Waals surface area contributed by atoms with Gasteiger partial charge in [0.15, 0.2) is 0 Å². The number of carbonyl (C=O) groups excluding carboxylic acids is 1. The van der Waals surface area contributed by atoms with Crippen molar-refractivity contribution in [1.29, 1.82) is 0 Å². The molecule has 1 amide bonds. The van der Waals surface area contributed by atoms with E-state index >= 15 is 0 Å². The van der Waals surface area contributed by atoms with Crippen LogP contribution in [0.1, 0.15) is 30.8 Å². The molecule has 0 aromatic carbocycles. The van der Waals surface area contributed by atoms with Crippen LogP contribution >= 0.6 is 0 Å². The number of hydrogen-bond donors (Lipinski definition) is 1. The van der Waals surface area contributed by atoms with Gasteiger partial charge in [0.25, 0.3) is 5.91 Å². The van der Waals surface area contributed by atoms with Gasteiger partial charge in [-0.05, 0) is 18.4 Å². The first-order valence-corrected chi connectivity index (χ1v) is 8.23. The van der Waals surface area contributed by atoms with Crippen LogP contribution in [0, 0.1) is 5.92 Å². The van der Waals surface area contributed by atoms with Crippen LogP contribution in [0.4, 0.5) is 0 Å². The minimum atomic E-state index is -0.143. The number of hydrogen-bond acceptors (Lipinski definition) is 5. The molecule has 0 bridgehead atoms. The Morgan fingerprint density at radius 1 is 1.48 bits per heavy atom. The Kier molecular flexibility index (Phi) is 4.82. The molecular weight excluding hydrogens is 294 g/mol. The number of pyridine rings is 1. The number of rotatable bonds is 4. The van der Waals surface area contributed by atoms with Gasteiger partial charge in [-0.2, -0.15) is 0 Å². The zero-order chi connectivity index (χ0) is 16.4. The minimum Gasteiger partial charge on any atom is -0.497 e. The first-order chi connectivity index (χ1) is 11.1. The monoisotopic (exact) mass is 319 g/mol. The van der Waals surface area contributed by atoms with Crippen molar-refractivity contribution >= 4 is 5.91 Å². The quantitative estimate of drug-likeness (QED) is 0.907. The van der Waals surface area contributed by atoms with Gasteiger partial charge in [0.1, 0.15) is 11.4 Å². The third kappa shape index (κ3) is 3.64. The third-order valence-corrected chi connectivity index (χ3v) is 4.72. The van der Waals surface area contributed by atoms with Crippen LogP contribution in [0.25, 0.3) is 0 Å². The predicted octanol–water partition coefficient (Wildman–Crippen LogP) is 1.32. The lowest BCUT2D eigenvalue weighted by Crippen LogP contribution is -2.48. The topological polar surface area (TPSA) is 63.7 Å². The summed E-state index contributed by atoms with van der Waals surface area (Å²) in [5.41, 5.74) is 0.394. The Morgan fingerprint density at radius 2 is 2.30 bits per heavy atom. The highest BCUT2D eigenvalue weighted by molar-refractivity contribution is 5.92. The van der Waals surface area contributed by atoms with Crippen molar-refractivity contribution in [1.82, 2.24) is 15.2 Å². The van der Waals surface area contributed by atoms with E-state index in [-0.39, 0.29) is 11.9 Å². The van der Waals surface area contributed by atoms with Crippen molar-refractivity contribution in [3.05, 3.63) is 24.0 Å². The van der Waals surface area contributed by atoms with Gasteiger partial charge in [0.05, 0.1) is 19.8 Å². The second-order valence-electron chi connectivity index (χ2n) is 6.71. The highest BCUT2D eigenvalue weighted by Crippen LogP contribution is 2.26. The van der Waals surface area contributed by atoms with E-state index in [1.54, 1.807) is 25.4 Å². The summed E-state index contributed by atoms with van der Waals surface area (Å²) in [5.74, 6) is 1.02. The predicted molar refractivity (Wildman–Crippen MR) is 86.6 cm³/mol. The minimum absolute atomic E-state index is 0.143. The van der Waals surface area contributed by atoms with E-state index in [1.807, 2.05) is 0 Å². The second-order valence-corrected chi connectivity index (χ2v) is 6.71. The Balaban J connectivity index is 1.58. The zero-order valence-corrected chi connectivity index (χ0v) is 14.0. The average molecular weight is 319 g/mol. The molecule has 3 rings (SSSR count). The molecule has 2 aliphatic rings. The molecule has 1 aromatic heterocycles. The molecule has 0 unspecified atom stereocenters. The molecule has 3 heterocycles. The Labute approximate surface area is 137 Å². The molecule has 0 saturated carbocycles. The number of fused-ring (bicyclic) bond motifs is 1. The third-order valence-electron chi connectivity index (χ3n) is 4.72. The van der Waals surface area contributed by atoms with Gasteiger partial charge in [-0.25, -0.2) is 0 Å². The molecule has 2 aliphatic heterocycles. The van der Waals surface area contributed by atoms with Gasteiger partial charge in [0.2, 0.25) is 0 Å². The summed E-state index contributed by atoms with van der Waals surface area (Å²) in [6.07, 6.45) is 2.81. The van der Waals surface area contributed by atoms with E-state index in [4.69, 9.17) is 9.47 Å². The molecule has 0 aliphatic carbocycles. The molecule has 23 heavy (non-hydrogen) atoms. The number of nitrogens with one attached hydrogen (secondary N) is 1. The maximum Gasteiger partial charge on any atom is 0.270 e. The maximum atomic E-state index is 12.4. The number of aromatic nitrogens is 1. The summed E-state index contributed by atoms with van der Waals surface area (Å²) in [6, 6.07) is 3.95. The average Bonchev–Trinajstić information content (AvgIpc) is 2.96. The number of carbonyl (C=O) groups is 1. The molecule has 6 nitrogen and oxygen atoms in total. The first kappa shape index (κ1) is 16.2. The molecule has 1 aromatic rings. The molecule has 3 atom stereocenters. The van der Waals surface area contributed by atoms with E-state index < -0.39 is 0 Å². The summed E-state index contributed by atoms with van der Waals surface area (Å²) in [5, 5.41) is 3.09. The van der Waals surface area contributed by atoms with Crippen LogP contribution < -0.4 is 10.1 Å².